The summed E-state index contributed by atoms with van der Waals surface area (Å²) < 4.78 is 0. The number of aromatic nitrogens is 4. The van der Waals surface area contributed by atoms with E-state index in [2.05, 4.69) is 20.2 Å². The summed E-state index contributed by atoms with van der Waals surface area (Å²) in [7, 11) is 0. The number of nitrogens with one attached hydrogen (secondary N) is 1. The Bertz CT molecular complexity index is 409. The lowest BCUT2D eigenvalue weighted by molar-refractivity contribution is 0.777. The number of aromatic amines is 1. The molecule has 2 rings (SSSR count). The summed E-state index contributed by atoms with van der Waals surface area (Å²) in [4.78, 5) is 9.27. The molecule has 0 fully saturated rings. The molecule has 0 amide bonds. The number of H-pyrrole nitrogens is 1. The average Bonchev–Trinajstić information content (AvgIpc) is 2.71. The van der Waals surface area contributed by atoms with Crippen molar-refractivity contribution in [1.82, 2.24) is 20.2 Å². The molecule has 0 bridgehead atoms. The van der Waals surface area contributed by atoms with E-state index >= 15 is 0 Å². The summed E-state index contributed by atoms with van der Waals surface area (Å²) >= 11 is 1.48. The second kappa shape index (κ2) is 4.41. The second-order valence-electron chi connectivity index (χ2n) is 3.10. The lowest BCUT2D eigenvalue weighted by Gasteiger charge is -2.04. The largest absolute Gasteiger partial charge is 0.323 e. The Hall–Kier alpha value is -1.40. The van der Waals surface area contributed by atoms with Crippen LogP contribution in [0.1, 0.15) is 18.7 Å². The van der Waals surface area contributed by atoms with Crippen LogP contribution in [-0.2, 0) is 0 Å². The van der Waals surface area contributed by atoms with E-state index in [1.807, 2.05) is 19.1 Å². The average molecular weight is 221 g/mol. The zero-order valence-electron chi connectivity index (χ0n) is 8.21. The van der Waals surface area contributed by atoms with Crippen molar-refractivity contribution in [2.75, 3.05) is 0 Å². The molecule has 0 unspecified atom stereocenters. The summed E-state index contributed by atoms with van der Waals surface area (Å²) in [6.45, 7) is 1.91. The zero-order chi connectivity index (χ0) is 10.7. The van der Waals surface area contributed by atoms with E-state index < -0.39 is 0 Å². The van der Waals surface area contributed by atoms with Gasteiger partial charge >= 0.3 is 0 Å². The quantitative estimate of drug-likeness (QED) is 0.818. The van der Waals surface area contributed by atoms with Crippen LogP contribution < -0.4 is 5.73 Å². The van der Waals surface area contributed by atoms with Gasteiger partial charge in [-0.05, 0) is 30.8 Å². The highest BCUT2D eigenvalue weighted by Gasteiger charge is 2.03. The summed E-state index contributed by atoms with van der Waals surface area (Å²) in [6.07, 6.45) is 3.26. The highest BCUT2D eigenvalue weighted by atomic mass is 32.2. The van der Waals surface area contributed by atoms with Crippen LogP contribution in [0.4, 0.5) is 0 Å². The molecule has 0 spiro atoms. The summed E-state index contributed by atoms with van der Waals surface area (Å²) in [5.74, 6) is 0. The maximum Gasteiger partial charge on any atom is 0.188 e. The van der Waals surface area contributed by atoms with Gasteiger partial charge < -0.3 is 5.73 Å². The lowest BCUT2D eigenvalue weighted by atomic mass is 10.2. The molecule has 78 valence electrons. The first kappa shape index (κ1) is 10.1. The molecule has 0 aromatic carbocycles. The van der Waals surface area contributed by atoms with Crippen molar-refractivity contribution in [3.63, 3.8) is 0 Å². The van der Waals surface area contributed by atoms with Crippen LogP contribution in [0.25, 0.3) is 0 Å². The van der Waals surface area contributed by atoms with Gasteiger partial charge in [-0.3, -0.25) is 10.1 Å². The van der Waals surface area contributed by atoms with Gasteiger partial charge in [0.05, 0.1) is 5.69 Å². The van der Waals surface area contributed by atoms with Gasteiger partial charge in [0.25, 0.3) is 0 Å². The molecule has 2 aromatic rings. The van der Waals surface area contributed by atoms with Crippen molar-refractivity contribution in [2.45, 2.75) is 23.0 Å². The van der Waals surface area contributed by atoms with E-state index in [0.29, 0.717) is 0 Å². The van der Waals surface area contributed by atoms with Crippen LogP contribution in [-0.4, -0.2) is 20.2 Å². The van der Waals surface area contributed by atoms with E-state index in [-0.39, 0.29) is 6.04 Å². The summed E-state index contributed by atoms with van der Waals surface area (Å²) in [5.41, 5.74) is 6.59. The van der Waals surface area contributed by atoms with Gasteiger partial charge in [-0.15, -0.1) is 0 Å². The van der Waals surface area contributed by atoms with Gasteiger partial charge in [-0.2, -0.15) is 5.10 Å². The van der Waals surface area contributed by atoms with Gasteiger partial charge in [0.2, 0.25) is 0 Å². The molecular formula is C9H11N5S. The highest BCUT2D eigenvalue weighted by Crippen LogP contribution is 2.23. The van der Waals surface area contributed by atoms with E-state index in [1.165, 1.54) is 18.1 Å². The summed E-state index contributed by atoms with van der Waals surface area (Å²) in [6, 6.07) is 3.86. The van der Waals surface area contributed by atoms with Crippen molar-refractivity contribution in [3.05, 3.63) is 30.4 Å². The first-order valence-corrected chi connectivity index (χ1v) is 5.32. The first-order valence-electron chi connectivity index (χ1n) is 4.50. The van der Waals surface area contributed by atoms with Gasteiger partial charge in [-0.25, -0.2) is 4.98 Å². The highest BCUT2D eigenvalue weighted by molar-refractivity contribution is 7.99. The Labute approximate surface area is 91.5 Å². The Kier molecular flexibility index (Phi) is 2.98. The third-order valence-corrected chi connectivity index (χ3v) is 2.70. The Morgan fingerprint density at radius 2 is 2.27 bits per heavy atom. The van der Waals surface area contributed by atoms with Crippen LogP contribution in [0.2, 0.25) is 0 Å². The number of hydrogen-bond donors (Lipinski definition) is 2. The molecule has 0 aliphatic heterocycles. The Morgan fingerprint density at radius 3 is 2.80 bits per heavy atom. The van der Waals surface area contributed by atoms with Crippen LogP contribution in [0.5, 0.6) is 0 Å². The smallest absolute Gasteiger partial charge is 0.188 e. The van der Waals surface area contributed by atoms with Crippen molar-refractivity contribution < 1.29 is 0 Å². The molecule has 2 aromatic heterocycles. The first-order chi connectivity index (χ1) is 7.25. The SMILES string of the molecule is C[C@@H](N)c1ccc(Sc2ncn[nH]2)cn1. The van der Waals surface area contributed by atoms with Crippen molar-refractivity contribution >= 4 is 11.8 Å². The molecule has 2 heterocycles. The van der Waals surface area contributed by atoms with Crippen LogP contribution in [0, 0.1) is 0 Å². The topological polar surface area (TPSA) is 80.5 Å². The van der Waals surface area contributed by atoms with Gasteiger partial charge in [0.15, 0.2) is 5.16 Å². The molecule has 0 saturated heterocycles. The maximum atomic E-state index is 5.70. The number of rotatable bonds is 3. The molecule has 0 saturated carbocycles. The molecule has 0 radical (unpaired) electrons. The van der Waals surface area contributed by atoms with Crippen LogP contribution in [0.3, 0.4) is 0 Å². The normalized spacial score (nSPS) is 12.7. The molecule has 6 heteroatoms. The molecule has 0 aliphatic carbocycles. The number of nitrogens with two attached hydrogens (primary N) is 1. The van der Waals surface area contributed by atoms with Gasteiger partial charge in [0.1, 0.15) is 6.33 Å². The molecule has 0 aliphatic rings. The van der Waals surface area contributed by atoms with Gasteiger partial charge in [-0.1, -0.05) is 0 Å². The third kappa shape index (κ3) is 2.54. The Balaban J connectivity index is 2.11. The number of nitrogens with zero attached hydrogens (tertiary/aromatic N) is 3. The van der Waals surface area contributed by atoms with E-state index in [4.69, 9.17) is 5.73 Å². The predicted molar refractivity (Wildman–Crippen MR) is 57.3 cm³/mol. The number of pyridine rings is 1. The molecular weight excluding hydrogens is 210 g/mol. The van der Waals surface area contributed by atoms with Crippen molar-refractivity contribution in [2.24, 2.45) is 5.73 Å². The molecule has 1 atom stereocenters. The number of hydrogen-bond acceptors (Lipinski definition) is 5. The Morgan fingerprint density at radius 1 is 1.40 bits per heavy atom. The standard InChI is InChI=1S/C9H11N5S/c1-6(10)8-3-2-7(4-11-8)15-9-12-5-13-14-9/h2-6H,10H2,1H3,(H,12,13,14)/t6-/m1/s1. The van der Waals surface area contributed by atoms with Gasteiger partial charge in [0, 0.05) is 17.1 Å². The van der Waals surface area contributed by atoms with E-state index in [9.17, 15) is 0 Å². The fourth-order valence-corrected chi connectivity index (χ4v) is 1.74. The molecule has 15 heavy (non-hydrogen) atoms. The van der Waals surface area contributed by atoms with Crippen LogP contribution in [0.15, 0.2) is 34.7 Å². The second-order valence-corrected chi connectivity index (χ2v) is 4.16. The minimum atomic E-state index is -0.0330. The minimum absolute atomic E-state index is 0.0330. The summed E-state index contributed by atoms with van der Waals surface area (Å²) in [5, 5.41) is 7.29. The molecule has 3 N–H and O–H groups in total. The monoisotopic (exact) mass is 221 g/mol. The van der Waals surface area contributed by atoms with E-state index in [1.54, 1.807) is 6.20 Å². The maximum absolute atomic E-state index is 5.70. The van der Waals surface area contributed by atoms with Crippen LogP contribution >= 0.6 is 11.8 Å². The fraction of sp³-hybridized carbons (Fsp3) is 0.222. The minimum Gasteiger partial charge on any atom is -0.323 e. The third-order valence-electron chi connectivity index (χ3n) is 1.83. The van der Waals surface area contributed by atoms with Crippen molar-refractivity contribution in [3.8, 4) is 0 Å². The predicted octanol–water partition coefficient (Wildman–Crippen LogP) is 1.37. The molecule has 5 nitrogen and oxygen atoms in total. The van der Waals surface area contributed by atoms with E-state index in [0.717, 1.165) is 15.7 Å². The fourth-order valence-electron chi connectivity index (χ4n) is 1.08. The lowest BCUT2D eigenvalue weighted by Crippen LogP contribution is -2.06. The van der Waals surface area contributed by atoms with Crippen molar-refractivity contribution in [1.29, 1.82) is 0 Å². The zero-order valence-corrected chi connectivity index (χ0v) is 9.03.